The van der Waals surface area contributed by atoms with E-state index >= 15 is 0 Å². The van der Waals surface area contributed by atoms with Gasteiger partial charge in [-0.2, -0.15) is 5.10 Å². The minimum absolute atomic E-state index is 0.180. The van der Waals surface area contributed by atoms with Crippen LogP contribution in [0, 0.1) is 6.92 Å². The molecule has 0 atom stereocenters. The second kappa shape index (κ2) is 10.9. The number of pyridine rings is 1. The number of hydrogen-bond donors (Lipinski definition) is 1. The van der Waals surface area contributed by atoms with Gasteiger partial charge in [0.15, 0.2) is 6.61 Å². The molecule has 4 rings (SSSR count). The molecule has 0 aliphatic rings. The maximum atomic E-state index is 12.7. The van der Waals surface area contributed by atoms with Crippen LogP contribution in [0.2, 0.25) is 0 Å². The summed E-state index contributed by atoms with van der Waals surface area (Å²) in [5.74, 6) is -0.247. The van der Waals surface area contributed by atoms with E-state index in [1.165, 1.54) is 13.2 Å². The zero-order valence-electron chi connectivity index (χ0n) is 19.3. The van der Waals surface area contributed by atoms with Crippen LogP contribution < -0.4 is 10.1 Å². The van der Waals surface area contributed by atoms with Crippen LogP contribution in [0.3, 0.4) is 0 Å². The first kappa shape index (κ1) is 23.4. The van der Waals surface area contributed by atoms with Gasteiger partial charge < -0.3 is 14.8 Å². The zero-order valence-corrected chi connectivity index (χ0v) is 19.3. The molecule has 1 amide bonds. The number of aryl methyl sites for hydroxylation is 1. The van der Waals surface area contributed by atoms with Crippen molar-refractivity contribution in [1.29, 1.82) is 0 Å². The van der Waals surface area contributed by atoms with Crippen molar-refractivity contribution in [3.63, 3.8) is 0 Å². The third-order valence-corrected chi connectivity index (χ3v) is 5.15. The van der Waals surface area contributed by atoms with Gasteiger partial charge in [0.05, 0.1) is 12.8 Å². The van der Waals surface area contributed by atoms with Gasteiger partial charge in [0.2, 0.25) is 5.91 Å². The number of amides is 1. The number of rotatable bonds is 8. The predicted molar refractivity (Wildman–Crippen MR) is 133 cm³/mol. The van der Waals surface area contributed by atoms with E-state index in [0.717, 1.165) is 22.4 Å². The number of esters is 1. The van der Waals surface area contributed by atoms with Crippen molar-refractivity contribution >= 4 is 23.6 Å². The van der Waals surface area contributed by atoms with Crippen LogP contribution >= 0.6 is 0 Å². The second-order valence-corrected chi connectivity index (χ2v) is 7.62. The van der Waals surface area contributed by atoms with Crippen molar-refractivity contribution in [2.24, 2.45) is 0 Å². The molecule has 0 unspecified atom stereocenters. The fraction of sp³-hybridized carbons (Fsp3) is 0.111. The summed E-state index contributed by atoms with van der Waals surface area (Å²) in [7, 11) is 1.30. The summed E-state index contributed by atoms with van der Waals surface area (Å²) >= 11 is 0. The highest BCUT2D eigenvalue weighted by molar-refractivity contribution is 6.02. The maximum Gasteiger partial charge on any atom is 0.343 e. The predicted octanol–water partition coefficient (Wildman–Crippen LogP) is 4.45. The van der Waals surface area contributed by atoms with Crippen LogP contribution in [-0.4, -0.2) is 40.4 Å². The Morgan fingerprint density at radius 1 is 1.09 bits per heavy atom. The summed E-state index contributed by atoms with van der Waals surface area (Å²) in [6.07, 6.45) is 8.51. The lowest BCUT2D eigenvalue weighted by Crippen LogP contribution is -2.13. The van der Waals surface area contributed by atoms with Gasteiger partial charge in [-0.15, -0.1) is 0 Å². The molecule has 8 nitrogen and oxygen atoms in total. The van der Waals surface area contributed by atoms with E-state index in [-0.39, 0.29) is 12.5 Å². The molecule has 0 saturated heterocycles. The highest BCUT2D eigenvalue weighted by Crippen LogP contribution is 2.25. The number of hydrogen-bond acceptors (Lipinski definition) is 6. The fourth-order valence-electron chi connectivity index (χ4n) is 3.36. The Hall–Kier alpha value is -4.72. The van der Waals surface area contributed by atoms with Crippen molar-refractivity contribution in [2.45, 2.75) is 6.92 Å². The minimum Gasteiger partial charge on any atom is -0.482 e. The number of nitrogens with one attached hydrogen (secondary N) is 1. The number of anilines is 1. The van der Waals surface area contributed by atoms with Gasteiger partial charge in [0.1, 0.15) is 11.4 Å². The molecule has 4 aromatic rings. The molecule has 0 saturated carbocycles. The van der Waals surface area contributed by atoms with E-state index in [1.807, 2.05) is 55.6 Å². The minimum atomic E-state index is -0.466. The number of methoxy groups -OCH3 is 1. The average Bonchev–Trinajstić information content (AvgIpc) is 3.33. The molecule has 0 fully saturated rings. The molecule has 2 heterocycles. The number of carbonyl (C=O) groups is 2. The lowest BCUT2D eigenvalue weighted by molar-refractivity contribution is -0.142. The van der Waals surface area contributed by atoms with Gasteiger partial charge in [-0.25, -0.2) is 9.48 Å². The van der Waals surface area contributed by atoms with Gasteiger partial charge in [-0.1, -0.05) is 18.2 Å². The number of nitrogens with zero attached hydrogens (tertiary/aromatic N) is 3. The van der Waals surface area contributed by atoms with Crippen LogP contribution in [0.15, 0.2) is 85.3 Å². The van der Waals surface area contributed by atoms with Gasteiger partial charge in [0.25, 0.3) is 0 Å². The Kier molecular flexibility index (Phi) is 7.32. The quantitative estimate of drug-likeness (QED) is 0.303. The smallest absolute Gasteiger partial charge is 0.343 e. The summed E-state index contributed by atoms with van der Waals surface area (Å²) in [5, 5.41) is 7.59. The van der Waals surface area contributed by atoms with Gasteiger partial charge in [0, 0.05) is 41.5 Å². The number of aromatic nitrogens is 3. The summed E-state index contributed by atoms with van der Waals surface area (Å²) in [6.45, 7) is 1.66. The Morgan fingerprint density at radius 2 is 1.91 bits per heavy atom. The molecular weight excluding hydrogens is 444 g/mol. The molecule has 2 aromatic heterocycles. The average molecular weight is 469 g/mol. The summed E-state index contributed by atoms with van der Waals surface area (Å²) < 4.78 is 11.7. The largest absolute Gasteiger partial charge is 0.482 e. The number of benzene rings is 2. The van der Waals surface area contributed by atoms with Crippen molar-refractivity contribution in [3.8, 4) is 22.7 Å². The summed E-state index contributed by atoms with van der Waals surface area (Å²) in [6, 6.07) is 18.7. The van der Waals surface area contributed by atoms with Gasteiger partial charge in [-0.3, -0.25) is 9.78 Å². The van der Waals surface area contributed by atoms with Crippen molar-refractivity contribution in [2.75, 3.05) is 19.0 Å². The Morgan fingerprint density at radius 3 is 2.63 bits per heavy atom. The van der Waals surface area contributed by atoms with E-state index < -0.39 is 5.97 Å². The zero-order chi connectivity index (χ0) is 24.6. The first-order chi connectivity index (χ1) is 17.0. The van der Waals surface area contributed by atoms with Crippen LogP contribution in [-0.2, 0) is 14.3 Å². The molecule has 0 bridgehead atoms. The van der Waals surface area contributed by atoms with Crippen LogP contribution in [0.25, 0.3) is 23.0 Å². The molecule has 0 spiro atoms. The normalized spacial score (nSPS) is 10.8. The molecular formula is C27H24N4O4. The van der Waals surface area contributed by atoms with E-state index in [0.29, 0.717) is 17.1 Å². The maximum absolute atomic E-state index is 12.7. The Labute approximate surface area is 202 Å². The third kappa shape index (κ3) is 6.00. The SMILES string of the molecule is COC(=O)COc1ccc(NC(=O)C=Cc2cn(-c3ccccc3)nc2-c2cccnc2)c(C)c1. The highest BCUT2D eigenvalue weighted by atomic mass is 16.6. The van der Waals surface area contributed by atoms with Crippen molar-refractivity contribution in [1.82, 2.24) is 14.8 Å². The fourth-order valence-corrected chi connectivity index (χ4v) is 3.36. The summed E-state index contributed by atoms with van der Waals surface area (Å²) in [4.78, 5) is 28.1. The Balaban J connectivity index is 1.52. The van der Waals surface area contributed by atoms with Crippen molar-refractivity contribution < 1.29 is 19.1 Å². The Bertz CT molecular complexity index is 1350. The molecule has 176 valence electrons. The summed E-state index contributed by atoms with van der Waals surface area (Å²) in [5.41, 5.74) is 4.68. The van der Waals surface area contributed by atoms with E-state index in [9.17, 15) is 9.59 Å². The van der Waals surface area contributed by atoms with E-state index in [4.69, 9.17) is 9.84 Å². The molecule has 1 N–H and O–H groups in total. The lowest BCUT2D eigenvalue weighted by atomic mass is 10.1. The van der Waals surface area contributed by atoms with Crippen LogP contribution in [0.1, 0.15) is 11.1 Å². The third-order valence-electron chi connectivity index (χ3n) is 5.15. The number of para-hydroxylation sites is 1. The van der Waals surface area contributed by atoms with Crippen LogP contribution in [0.4, 0.5) is 5.69 Å². The monoisotopic (exact) mass is 468 g/mol. The first-order valence-corrected chi connectivity index (χ1v) is 10.9. The molecule has 35 heavy (non-hydrogen) atoms. The highest BCUT2D eigenvalue weighted by Gasteiger charge is 2.12. The molecule has 0 radical (unpaired) electrons. The molecule has 2 aromatic carbocycles. The topological polar surface area (TPSA) is 95.3 Å². The van der Waals surface area contributed by atoms with Gasteiger partial charge >= 0.3 is 5.97 Å². The second-order valence-electron chi connectivity index (χ2n) is 7.62. The standard InChI is InChI=1S/C27H24N4O4/c1-19-15-23(35-18-26(33)34-2)11-12-24(19)29-25(32)13-10-21-17-31(22-8-4-3-5-9-22)30-27(21)20-7-6-14-28-16-20/h3-17H,18H2,1-2H3,(H,29,32). The first-order valence-electron chi connectivity index (χ1n) is 10.9. The molecule has 8 heteroatoms. The molecule has 0 aliphatic carbocycles. The lowest BCUT2D eigenvalue weighted by Gasteiger charge is -2.10. The van der Waals surface area contributed by atoms with Crippen LogP contribution in [0.5, 0.6) is 5.75 Å². The van der Waals surface area contributed by atoms with Crippen molar-refractivity contribution in [3.05, 3.63) is 96.5 Å². The van der Waals surface area contributed by atoms with Gasteiger partial charge in [-0.05, 0) is 61.0 Å². The number of ether oxygens (including phenoxy) is 2. The van der Waals surface area contributed by atoms with E-state index in [1.54, 1.807) is 41.4 Å². The molecule has 0 aliphatic heterocycles. The van der Waals surface area contributed by atoms with E-state index in [2.05, 4.69) is 15.0 Å². The number of carbonyl (C=O) groups excluding carboxylic acids is 2.